The standard InChI is InChI=1S/C19H25N3O4/c23-18(21-15-2-1-6-20-11-15)14-10-17-16(5-9-26-17)22(12-14)19(24)13-3-7-25-8-4-13/h1-2,6,11,13-14,16-17H,3-5,7-10,12H2,(H,21,23)/t14-,16+,17+/m0/s1. The number of carbonyl (C=O) groups is 2. The van der Waals surface area contributed by atoms with Gasteiger partial charge in [-0.1, -0.05) is 0 Å². The smallest absolute Gasteiger partial charge is 0.229 e. The van der Waals surface area contributed by atoms with Crippen LogP contribution in [-0.4, -0.2) is 60.2 Å². The Kier molecular flexibility index (Phi) is 5.17. The van der Waals surface area contributed by atoms with Crippen molar-refractivity contribution in [3.05, 3.63) is 24.5 Å². The number of likely N-dealkylation sites (tertiary alicyclic amines) is 1. The highest BCUT2D eigenvalue weighted by Gasteiger charge is 2.45. The van der Waals surface area contributed by atoms with Crippen molar-refractivity contribution in [1.29, 1.82) is 0 Å². The lowest BCUT2D eigenvalue weighted by atomic mass is 9.87. The molecule has 0 aliphatic carbocycles. The lowest BCUT2D eigenvalue weighted by molar-refractivity contribution is -0.147. The third-order valence-electron chi connectivity index (χ3n) is 5.66. The fourth-order valence-corrected chi connectivity index (χ4v) is 4.25. The van der Waals surface area contributed by atoms with Crippen molar-refractivity contribution >= 4 is 17.5 Å². The normalized spacial score (nSPS) is 29.2. The summed E-state index contributed by atoms with van der Waals surface area (Å²) < 4.78 is 11.2. The summed E-state index contributed by atoms with van der Waals surface area (Å²) in [5, 5.41) is 2.92. The van der Waals surface area contributed by atoms with Crippen LogP contribution in [0.15, 0.2) is 24.5 Å². The number of rotatable bonds is 3. The number of fused-ring (bicyclic) bond motifs is 1. The minimum atomic E-state index is -0.265. The van der Waals surface area contributed by atoms with Crippen molar-refractivity contribution in [2.24, 2.45) is 11.8 Å². The number of anilines is 1. The zero-order valence-corrected chi connectivity index (χ0v) is 14.8. The first-order valence-corrected chi connectivity index (χ1v) is 9.43. The molecule has 0 aromatic carbocycles. The van der Waals surface area contributed by atoms with E-state index in [1.165, 1.54) is 0 Å². The van der Waals surface area contributed by atoms with Crippen LogP contribution in [0.3, 0.4) is 0 Å². The maximum absolute atomic E-state index is 13.1. The van der Waals surface area contributed by atoms with Crippen molar-refractivity contribution in [3.8, 4) is 0 Å². The Labute approximate surface area is 153 Å². The van der Waals surface area contributed by atoms with E-state index in [4.69, 9.17) is 9.47 Å². The van der Waals surface area contributed by atoms with Gasteiger partial charge in [-0.3, -0.25) is 14.6 Å². The molecule has 3 aliphatic heterocycles. The third kappa shape index (κ3) is 3.59. The van der Waals surface area contributed by atoms with Crippen LogP contribution in [0.5, 0.6) is 0 Å². The highest BCUT2D eigenvalue weighted by molar-refractivity contribution is 5.93. The number of hydrogen-bond donors (Lipinski definition) is 1. The van der Waals surface area contributed by atoms with E-state index >= 15 is 0 Å². The summed E-state index contributed by atoms with van der Waals surface area (Å²) >= 11 is 0. The SMILES string of the molecule is O=C(Nc1cccnc1)[C@H]1C[C@H]2OCC[C@H]2N(C(=O)C2CCOCC2)C1. The van der Waals surface area contributed by atoms with Crippen LogP contribution in [0.4, 0.5) is 5.69 Å². The second-order valence-corrected chi connectivity index (χ2v) is 7.31. The Morgan fingerprint density at radius 2 is 2.00 bits per heavy atom. The quantitative estimate of drug-likeness (QED) is 0.884. The van der Waals surface area contributed by atoms with Crippen LogP contribution < -0.4 is 5.32 Å². The number of carbonyl (C=O) groups excluding carboxylic acids is 2. The lowest BCUT2D eigenvalue weighted by Gasteiger charge is -2.42. The molecule has 7 heteroatoms. The molecule has 0 radical (unpaired) electrons. The summed E-state index contributed by atoms with van der Waals surface area (Å²) in [4.78, 5) is 31.8. The van der Waals surface area contributed by atoms with E-state index in [0.29, 0.717) is 38.5 Å². The molecule has 2 amide bonds. The molecule has 26 heavy (non-hydrogen) atoms. The molecule has 3 saturated heterocycles. The van der Waals surface area contributed by atoms with E-state index in [1.54, 1.807) is 18.5 Å². The van der Waals surface area contributed by atoms with E-state index in [2.05, 4.69) is 10.3 Å². The summed E-state index contributed by atoms with van der Waals surface area (Å²) in [6, 6.07) is 3.70. The fourth-order valence-electron chi connectivity index (χ4n) is 4.25. The zero-order chi connectivity index (χ0) is 17.9. The van der Waals surface area contributed by atoms with Crippen LogP contribution in [-0.2, 0) is 19.1 Å². The molecule has 3 aliphatic rings. The Morgan fingerprint density at radius 1 is 1.15 bits per heavy atom. The van der Waals surface area contributed by atoms with E-state index < -0.39 is 0 Å². The molecular formula is C19H25N3O4. The number of ether oxygens (including phenoxy) is 2. The van der Waals surface area contributed by atoms with E-state index in [0.717, 1.165) is 19.3 Å². The number of amides is 2. The molecule has 0 unspecified atom stereocenters. The van der Waals surface area contributed by atoms with Gasteiger partial charge < -0.3 is 19.7 Å². The van der Waals surface area contributed by atoms with Crippen molar-refractivity contribution in [2.45, 2.75) is 37.8 Å². The summed E-state index contributed by atoms with van der Waals surface area (Å²) in [5.74, 6) is -0.173. The summed E-state index contributed by atoms with van der Waals surface area (Å²) in [6.45, 7) is 2.40. The molecule has 0 spiro atoms. The van der Waals surface area contributed by atoms with Crippen molar-refractivity contribution in [1.82, 2.24) is 9.88 Å². The molecule has 4 heterocycles. The zero-order valence-electron chi connectivity index (χ0n) is 14.8. The summed E-state index contributed by atoms with van der Waals surface area (Å²) in [5.41, 5.74) is 0.675. The third-order valence-corrected chi connectivity index (χ3v) is 5.66. The Morgan fingerprint density at radius 3 is 2.77 bits per heavy atom. The number of pyridine rings is 1. The first-order valence-electron chi connectivity index (χ1n) is 9.43. The number of nitrogens with zero attached hydrogens (tertiary/aromatic N) is 2. The Balaban J connectivity index is 1.47. The van der Waals surface area contributed by atoms with Gasteiger partial charge in [0.05, 0.1) is 29.9 Å². The van der Waals surface area contributed by atoms with Gasteiger partial charge in [-0.05, 0) is 37.8 Å². The topological polar surface area (TPSA) is 80.8 Å². The monoisotopic (exact) mass is 359 g/mol. The minimum absolute atomic E-state index is 0.00475. The number of aromatic nitrogens is 1. The Hall–Kier alpha value is -1.99. The van der Waals surface area contributed by atoms with Crippen LogP contribution in [0.1, 0.15) is 25.7 Å². The van der Waals surface area contributed by atoms with Gasteiger partial charge in [0, 0.05) is 38.5 Å². The predicted molar refractivity (Wildman–Crippen MR) is 94.4 cm³/mol. The largest absolute Gasteiger partial charge is 0.381 e. The van der Waals surface area contributed by atoms with Crippen LogP contribution in [0.25, 0.3) is 0 Å². The molecule has 1 aromatic rings. The summed E-state index contributed by atoms with van der Waals surface area (Å²) in [6.07, 6.45) is 6.30. The predicted octanol–water partition coefficient (Wildman–Crippen LogP) is 1.45. The molecule has 1 aromatic heterocycles. The van der Waals surface area contributed by atoms with E-state index in [1.807, 2.05) is 11.0 Å². The van der Waals surface area contributed by atoms with E-state index in [9.17, 15) is 9.59 Å². The minimum Gasteiger partial charge on any atom is -0.381 e. The molecule has 0 saturated carbocycles. The van der Waals surface area contributed by atoms with Crippen LogP contribution >= 0.6 is 0 Å². The first kappa shape index (κ1) is 17.4. The molecule has 1 N–H and O–H groups in total. The van der Waals surface area contributed by atoms with Gasteiger partial charge in [0.1, 0.15) is 0 Å². The fraction of sp³-hybridized carbons (Fsp3) is 0.632. The van der Waals surface area contributed by atoms with Crippen LogP contribution in [0.2, 0.25) is 0 Å². The highest BCUT2D eigenvalue weighted by Crippen LogP contribution is 2.34. The summed E-state index contributed by atoms with van der Waals surface area (Å²) in [7, 11) is 0. The molecule has 0 bridgehead atoms. The molecule has 4 rings (SSSR count). The van der Waals surface area contributed by atoms with Gasteiger partial charge in [0.2, 0.25) is 11.8 Å². The second kappa shape index (κ2) is 7.72. The van der Waals surface area contributed by atoms with Gasteiger partial charge in [-0.2, -0.15) is 0 Å². The lowest BCUT2D eigenvalue weighted by Crippen LogP contribution is -2.56. The van der Waals surface area contributed by atoms with Crippen molar-refractivity contribution < 1.29 is 19.1 Å². The number of piperidine rings is 1. The number of hydrogen-bond acceptors (Lipinski definition) is 5. The molecule has 7 nitrogen and oxygen atoms in total. The van der Waals surface area contributed by atoms with Crippen LogP contribution in [0, 0.1) is 11.8 Å². The molecular weight excluding hydrogens is 334 g/mol. The van der Waals surface area contributed by atoms with Gasteiger partial charge in [0.25, 0.3) is 0 Å². The first-order chi connectivity index (χ1) is 12.7. The van der Waals surface area contributed by atoms with Gasteiger partial charge >= 0.3 is 0 Å². The van der Waals surface area contributed by atoms with Gasteiger partial charge in [-0.25, -0.2) is 0 Å². The molecule has 3 atom stereocenters. The Bertz CT molecular complexity index is 647. The van der Waals surface area contributed by atoms with Gasteiger partial charge in [0.15, 0.2) is 0 Å². The molecule has 3 fully saturated rings. The molecule has 140 valence electrons. The van der Waals surface area contributed by atoms with Gasteiger partial charge in [-0.15, -0.1) is 0 Å². The maximum Gasteiger partial charge on any atom is 0.229 e. The second-order valence-electron chi connectivity index (χ2n) is 7.31. The number of nitrogens with one attached hydrogen (secondary N) is 1. The highest BCUT2D eigenvalue weighted by atomic mass is 16.5. The maximum atomic E-state index is 13.1. The van der Waals surface area contributed by atoms with Crippen molar-refractivity contribution in [2.75, 3.05) is 31.7 Å². The average molecular weight is 359 g/mol. The average Bonchev–Trinajstić information content (AvgIpc) is 3.17. The van der Waals surface area contributed by atoms with Crippen molar-refractivity contribution in [3.63, 3.8) is 0 Å². The van der Waals surface area contributed by atoms with E-state index in [-0.39, 0.29) is 35.8 Å².